The molecule has 3 aromatic carbocycles. The Balaban J connectivity index is 1.57. The Morgan fingerprint density at radius 3 is 2.33 bits per heavy atom. The van der Waals surface area contributed by atoms with Crippen LogP contribution < -0.4 is 14.7 Å². The van der Waals surface area contributed by atoms with E-state index in [1.54, 1.807) is 16.7 Å². The molecule has 7 heteroatoms. The molecule has 1 fully saturated rings. The molecular weight excluding hydrogens is 484 g/mol. The summed E-state index contributed by atoms with van der Waals surface area (Å²) >= 11 is 3.13. The zero-order chi connectivity index (χ0) is 25.2. The normalized spacial score (nSPS) is 18.3. The van der Waals surface area contributed by atoms with Gasteiger partial charge in [-0.25, -0.2) is 4.99 Å². The molecule has 2 aliphatic rings. The highest BCUT2D eigenvalue weighted by molar-refractivity contribution is 8.20. The molecule has 0 spiro atoms. The molecule has 2 aliphatic heterocycles. The predicted molar refractivity (Wildman–Crippen MR) is 156 cm³/mol. The quantitative estimate of drug-likeness (QED) is 0.320. The maximum absolute atomic E-state index is 14.0. The molecule has 1 saturated heterocycles. The van der Waals surface area contributed by atoms with Crippen LogP contribution in [0.2, 0.25) is 0 Å². The van der Waals surface area contributed by atoms with Crippen molar-refractivity contribution in [2.24, 2.45) is 4.99 Å². The van der Waals surface area contributed by atoms with Crippen LogP contribution in [0.5, 0.6) is 0 Å². The number of anilines is 3. The first-order chi connectivity index (χ1) is 17.5. The van der Waals surface area contributed by atoms with Crippen LogP contribution in [-0.4, -0.2) is 30.7 Å². The zero-order valence-electron chi connectivity index (χ0n) is 21.1. The smallest absolute Gasteiger partial charge is 0.274 e. The highest BCUT2D eigenvalue weighted by Crippen LogP contribution is 2.51. The van der Waals surface area contributed by atoms with Gasteiger partial charge in [0.15, 0.2) is 5.17 Å². The Hall–Kier alpha value is -3.16. The fraction of sp³-hybridized carbons (Fsp3) is 0.241. The van der Waals surface area contributed by atoms with E-state index in [-0.39, 0.29) is 5.91 Å². The highest BCUT2D eigenvalue weighted by Gasteiger charge is 2.40. The minimum Gasteiger partial charge on any atom is -0.372 e. The first kappa shape index (κ1) is 24.5. The van der Waals surface area contributed by atoms with Crippen LogP contribution in [0.1, 0.15) is 26.3 Å². The van der Waals surface area contributed by atoms with Gasteiger partial charge in [-0.2, -0.15) is 0 Å². The number of thioether (sulfide) groups is 2. The van der Waals surface area contributed by atoms with E-state index in [2.05, 4.69) is 54.8 Å². The van der Waals surface area contributed by atoms with Gasteiger partial charge in [0, 0.05) is 30.2 Å². The number of amidine groups is 1. The van der Waals surface area contributed by atoms with Crippen molar-refractivity contribution in [1.29, 1.82) is 0 Å². The van der Waals surface area contributed by atoms with Gasteiger partial charge in [0.1, 0.15) is 9.93 Å². The van der Waals surface area contributed by atoms with Gasteiger partial charge in [0.25, 0.3) is 5.91 Å². The number of para-hydroxylation sites is 1. The molecule has 0 unspecified atom stereocenters. The molecule has 0 atom stereocenters. The molecule has 184 valence electrons. The number of hydrogen-bond acceptors (Lipinski definition) is 6. The highest BCUT2D eigenvalue weighted by atomic mass is 32.2. The lowest BCUT2D eigenvalue weighted by Crippen LogP contribution is -2.29. The van der Waals surface area contributed by atoms with Crippen LogP contribution in [0.15, 0.2) is 92.6 Å². The lowest BCUT2D eigenvalue weighted by molar-refractivity contribution is -0.113. The summed E-state index contributed by atoms with van der Waals surface area (Å²) in [6.45, 7) is 11.2. The van der Waals surface area contributed by atoms with Crippen molar-refractivity contribution in [3.8, 4) is 0 Å². The number of nitrogens with zero attached hydrogens (tertiary/aromatic N) is 4. The molecule has 0 aromatic heterocycles. The Morgan fingerprint density at radius 2 is 1.64 bits per heavy atom. The summed E-state index contributed by atoms with van der Waals surface area (Å²) in [5.74, 6) is -0.0298. The van der Waals surface area contributed by atoms with Gasteiger partial charge in [-0.3, -0.25) is 9.69 Å². The molecule has 5 nitrogen and oxygen atoms in total. The topological polar surface area (TPSA) is 39.1 Å². The molecule has 3 aromatic rings. The standard InChI is InChI=1S/C29H30N4OS2/c1-5-31(6-2)22-17-15-21(16-18-22)30-29-33(23-12-10-11-20(4)19-23)27(34)26(36-29)28-32(7-3)24-13-8-9-14-25(24)35-28/h8-19H,5-7H2,1-4H3. The van der Waals surface area contributed by atoms with Gasteiger partial charge in [0.2, 0.25) is 0 Å². The van der Waals surface area contributed by atoms with Gasteiger partial charge in [-0.1, -0.05) is 36.0 Å². The Morgan fingerprint density at radius 1 is 0.889 bits per heavy atom. The van der Waals surface area contributed by atoms with E-state index < -0.39 is 0 Å². The summed E-state index contributed by atoms with van der Waals surface area (Å²) in [6, 6.07) is 24.7. The minimum atomic E-state index is -0.0298. The third-order valence-corrected chi connectivity index (χ3v) is 8.70. The SMILES string of the molecule is CCN(CC)c1ccc(N=C2SC(=C3Sc4ccccc4N3CC)C(=O)N2c2cccc(C)c2)cc1. The molecule has 2 heterocycles. The van der Waals surface area contributed by atoms with Crippen molar-refractivity contribution in [3.05, 3.63) is 88.3 Å². The van der Waals surface area contributed by atoms with Crippen LogP contribution in [0.3, 0.4) is 0 Å². The van der Waals surface area contributed by atoms with Crippen molar-refractivity contribution in [3.63, 3.8) is 0 Å². The van der Waals surface area contributed by atoms with Gasteiger partial charge >= 0.3 is 0 Å². The van der Waals surface area contributed by atoms with Gasteiger partial charge in [-0.05, 0) is 93.6 Å². The summed E-state index contributed by atoms with van der Waals surface area (Å²) < 4.78 is 0. The second kappa shape index (κ2) is 10.4. The predicted octanol–water partition coefficient (Wildman–Crippen LogP) is 7.41. The second-order valence-corrected chi connectivity index (χ2v) is 10.6. The maximum Gasteiger partial charge on any atom is 0.274 e. The third kappa shape index (κ3) is 4.53. The monoisotopic (exact) mass is 514 g/mol. The lowest BCUT2D eigenvalue weighted by Gasteiger charge is -2.21. The fourth-order valence-corrected chi connectivity index (χ4v) is 6.92. The van der Waals surface area contributed by atoms with Crippen molar-refractivity contribution < 1.29 is 4.79 Å². The molecular formula is C29H30N4OS2. The van der Waals surface area contributed by atoms with E-state index in [1.165, 1.54) is 22.3 Å². The average molecular weight is 515 g/mol. The van der Waals surface area contributed by atoms with E-state index >= 15 is 0 Å². The summed E-state index contributed by atoms with van der Waals surface area (Å²) in [5.41, 5.74) is 5.11. The molecule has 0 N–H and O–H groups in total. The molecule has 36 heavy (non-hydrogen) atoms. The van der Waals surface area contributed by atoms with Crippen molar-refractivity contribution in [1.82, 2.24) is 0 Å². The van der Waals surface area contributed by atoms with Crippen molar-refractivity contribution in [2.75, 3.05) is 34.3 Å². The van der Waals surface area contributed by atoms with E-state index in [4.69, 9.17) is 4.99 Å². The number of fused-ring (bicyclic) bond motifs is 1. The van der Waals surface area contributed by atoms with Crippen molar-refractivity contribution >= 4 is 57.3 Å². The summed E-state index contributed by atoms with van der Waals surface area (Å²) in [6.07, 6.45) is 0. The number of hydrogen-bond donors (Lipinski definition) is 0. The lowest BCUT2D eigenvalue weighted by atomic mass is 10.2. The van der Waals surface area contributed by atoms with Crippen molar-refractivity contribution in [2.45, 2.75) is 32.6 Å². The molecule has 0 saturated carbocycles. The Bertz CT molecular complexity index is 1350. The van der Waals surface area contributed by atoms with E-state index in [9.17, 15) is 4.79 Å². The molecule has 0 radical (unpaired) electrons. The van der Waals surface area contributed by atoms with E-state index in [0.717, 1.165) is 52.2 Å². The largest absolute Gasteiger partial charge is 0.372 e. The first-order valence-corrected chi connectivity index (χ1v) is 14.0. The number of aryl methyl sites for hydroxylation is 1. The number of amides is 1. The van der Waals surface area contributed by atoms with Gasteiger partial charge in [0.05, 0.1) is 17.1 Å². The Labute approximate surface area is 221 Å². The number of carbonyl (C=O) groups excluding carboxylic acids is 1. The number of benzene rings is 3. The number of rotatable bonds is 6. The van der Waals surface area contributed by atoms with Crippen LogP contribution in [0.25, 0.3) is 0 Å². The molecule has 0 aliphatic carbocycles. The van der Waals surface area contributed by atoms with E-state index in [0.29, 0.717) is 5.17 Å². The van der Waals surface area contributed by atoms with E-state index in [1.807, 2.05) is 55.5 Å². The maximum atomic E-state index is 14.0. The summed E-state index contributed by atoms with van der Waals surface area (Å²) in [5, 5.41) is 1.66. The van der Waals surface area contributed by atoms with Crippen LogP contribution >= 0.6 is 23.5 Å². The molecule has 1 amide bonds. The number of aliphatic imine (C=N–C) groups is 1. The minimum absolute atomic E-state index is 0.0298. The second-order valence-electron chi connectivity index (χ2n) is 8.61. The number of carbonyl (C=O) groups is 1. The van der Waals surface area contributed by atoms with Crippen LogP contribution in [-0.2, 0) is 4.79 Å². The zero-order valence-corrected chi connectivity index (χ0v) is 22.7. The Kier molecular flexibility index (Phi) is 7.12. The summed E-state index contributed by atoms with van der Waals surface area (Å²) in [4.78, 5) is 27.1. The van der Waals surface area contributed by atoms with Gasteiger partial charge < -0.3 is 9.80 Å². The van der Waals surface area contributed by atoms with Gasteiger partial charge in [-0.15, -0.1) is 0 Å². The van der Waals surface area contributed by atoms with Crippen LogP contribution in [0.4, 0.5) is 22.7 Å². The third-order valence-electron chi connectivity index (χ3n) is 6.36. The first-order valence-electron chi connectivity index (χ1n) is 12.3. The molecule has 0 bridgehead atoms. The fourth-order valence-electron chi connectivity index (χ4n) is 4.53. The molecule has 5 rings (SSSR count). The van der Waals surface area contributed by atoms with Crippen LogP contribution in [0, 0.1) is 6.92 Å². The average Bonchev–Trinajstić information content (AvgIpc) is 3.42. The summed E-state index contributed by atoms with van der Waals surface area (Å²) in [7, 11) is 0.